The first kappa shape index (κ1) is 17.2. The van der Waals surface area contributed by atoms with Crippen molar-refractivity contribution < 1.29 is 23.3 Å². The van der Waals surface area contributed by atoms with E-state index < -0.39 is 22.2 Å². The number of hydrogen-bond donors (Lipinski definition) is 1. The zero-order valence-corrected chi connectivity index (χ0v) is 13.3. The number of hydrogen-bond acceptors (Lipinski definition) is 5. The third-order valence-electron chi connectivity index (χ3n) is 4.74. The topological polar surface area (TPSA) is 92.6 Å². The van der Waals surface area contributed by atoms with Crippen molar-refractivity contribution in [3.8, 4) is 0 Å². The molecular formula is C16H17F2N3O4. The van der Waals surface area contributed by atoms with E-state index in [0.717, 1.165) is 0 Å². The van der Waals surface area contributed by atoms with Crippen molar-refractivity contribution in [3.05, 3.63) is 33.9 Å². The van der Waals surface area contributed by atoms with E-state index in [1.165, 1.54) is 4.90 Å². The summed E-state index contributed by atoms with van der Waals surface area (Å²) in [6, 6.07) is 0.971. The van der Waals surface area contributed by atoms with E-state index in [0.29, 0.717) is 37.8 Å². The molecule has 2 fully saturated rings. The van der Waals surface area contributed by atoms with Crippen molar-refractivity contribution in [2.24, 2.45) is 0 Å². The normalized spacial score (nSPS) is 23.8. The standard InChI is InChI=1S/C16H17F2N3O4/c17-12-7-11(21(24)25)8-13(18)16(12)19-9-1-3-10(4-2-9)20-14(22)5-6-15(20)23/h7-10,19H,1-6H2. The Morgan fingerprint density at radius 2 is 1.56 bits per heavy atom. The van der Waals surface area contributed by atoms with Crippen LogP contribution < -0.4 is 5.32 Å². The third-order valence-corrected chi connectivity index (χ3v) is 4.74. The average molecular weight is 353 g/mol. The van der Waals surface area contributed by atoms with E-state index in [2.05, 4.69) is 5.32 Å². The van der Waals surface area contributed by atoms with Crippen LogP contribution in [0, 0.1) is 21.7 Å². The summed E-state index contributed by atoms with van der Waals surface area (Å²) >= 11 is 0. The van der Waals surface area contributed by atoms with E-state index >= 15 is 0 Å². The molecule has 25 heavy (non-hydrogen) atoms. The molecule has 1 aliphatic heterocycles. The Balaban J connectivity index is 1.64. The molecule has 0 radical (unpaired) electrons. The number of rotatable bonds is 4. The fourth-order valence-corrected chi connectivity index (χ4v) is 3.49. The first-order valence-corrected chi connectivity index (χ1v) is 8.11. The van der Waals surface area contributed by atoms with Crippen molar-refractivity contribution in [2.45, 2.75) is 50.6 Å². The lowest BCUT2D eigenvalue weighted by Gasteiger charge is -2.34. The van der Waals surface area contributed by atoms with Gasteiger partial charge in [-0.15, -0.1) is 0 Å². The van der Waals surface area contributed by atoms with Gasteiger partial charge in [0.2, 0.25) is 11.8 Å². The van der Waals surface area contributed by atoms with Crippen LogP contribution in [0.5, 0.6) is 0 Å². The maximum atomic E-state index is 13.9. The van der Waals surface area contributed by atoms with Crippen LogP contribution in [0.2, 0.25) is 0 Å². The summed E-state index contributed by atoms with van der Waals surface area (Å²) in [6.07, 6.45) is 2.69. The molecule has 1 saturated heterocycles. The Bertz CT molecular complexity index is 693. The zero-order chi connectivity index (χ0) is 18.1. The number of carbonyl (C=O) groups is 2. The molecule has 1 aromatic rings. The van der Waals surface area contributed by atoms with Crippen LogP contribution in [0.15, 0.2) is 12.1 Å². The Labute approximate surface area is 142 Å². The summed E-state index contributed by atoms with van der Waals surface area (Å²) in [5.74, 6) is -2.35. The van der Waals surface area contributed by atoms with E-state index in [1.54, 1.807) is 0 Å². The first-order valence-electron chi connectivity index (χ1n) is 8.11. The van der Waals surface area contributed by atoms with Crippen molar-refractivity contribution in [1.82, 2.24) is 4.90 Å². The molecule has 0 aromatic heterocycles. The van der Waals surface area contributed by atoms with E-state index in [4.69, 9.17) is 0 Å². The van der Waals surface area contributed by atoms with Gasteiger partial charge in [-0.25, -0.2) is 8.78 Å². The van der Waals surface area contributed by atoms with Gasteiger partial charge < -0.3 is 5.32 Å². The molecule has 2 amide bonds. The Morgan fingerprint density at radius 1 is 1.04 bits per heavy atom. The van der Waals surface area contributed by atoms with Crippen LogP contribution in [0.1, 0.15) is 38.5 Å². The molecule has 9 heteroatoms. The van der Waals surface area contributed by atoms with Gasteiger partial charge >= 0.3 is 0 Å². The minimum atomic E-state index is -1.02. The lowest BCUT2D eigenvalue weighted by Crippen LogP contribution is -2.43. The highest BCUT2D eigenvalue weighted by Crippen LogP contribution is 2.31. The summed E-state index contributed by atoms with van der Waals surface area (Å²) < 4.78 is 27.9. The number of non-ortho nitro benzene ring substituents is 1. The number of halogens is 2. The number of amides is 2. The van der Waals surface area contributed by atoms with Gasteiger partial charge in [-0.1, -0.05) is 0 Å². The molecule has 0 atom stereocenters. The molecule has 3 rings (SSSR count). The second-order valence-electron chi connectivity index (χ2n) is 6.35. The lowest BCUT2D eigenvalue weighted by molar-refractivity contribution is -0.385. The van der Waals surface area contributed by atoms with Crippen molar-refractivity contribution in [2.75, 3.05) is 5.32 Å². The van der Waals surface area contributed by atoms with E-state index in [-0.39, 0.29) is 42.4 Å². The summed E-state index contributed by atoms with van der Waals surface area (Å²) in [5.41, 5.74) is -1.03. The minimum absolute atomic E-state index is 0.158. The Hall–Kier alpha value is -2.58. The summed E-state index contributed by atoms with van der Waals surface area (Å²) in [4.78, 5) is 34.6. The molecule has 134 valence electrons. The second kappa shape index (κ2) is 6.73. The van der Waals surface area contributed by atoms with Gasteiger partial charge in [-0.2, -0.15) is 0 Å². The molecule has 2 aliphatic rings. The second-order valence-corrected chi connectivity index (χ2v) is 6.35. The Kier molecular flexibility index (Phi) is 4.65. The van der Waals surface area contributed by atoms with Crippen molar-refractivity contribution in [3.63, 3.8) is 0 Å². The molecule has 0 bridgehead atoms. The van der Waals surface area contributed by atoms with Gasteiger partial charge in [-0.05, 0) is 25.7 Å². The summed E-state index contributed by atoms with van der Waals surface area (Å²) in [7, 11) is 0. The molecule has 1 aliphatic carbocycles. The predicted molar refractivity (Wildman–Crippen MR) is 83.8 cm³/mol. The number of nitro benzene ring substituents is 1. The van der Waals surface area contributed by atoms with Crippen LogP contribution in [0.3, 0.4) is 0 Å². The molecule has 0 spiro atoms. The highest BCUT2D eigenvalue weighted by Gasteiger charge is 2.37. The van der Waals surface area contributed by atoms with Gasteiger partial charge in [-0.3, -0.25) is 24.6 Å². The average Bonchev–Trinajstić information content (AvgIpc) is 2.90. The van der Waals surface area contributed by atoms with E-state index in [9.17, 15) is 28.5 Å². The number of nitro groups is 1. The van der Waals surface area contributed by atoms with Gasteiger partial charge in [0.15, 0.2) is 11.6 Å². The lowest BCUT2D eigenvalue weighted by atomic mass is 9.90. The van der Waals surface area contributed by atoms with Crippen LogP contribution in [-0.2, 0) is 9.59 Å². The predicted octanol–water partition coefficient (Wildman–Crippen LogP) is 2.75. The molecular weight excluding hydrogens is 336 g/mol. The number of nitrogens with zero attached hydrogens (tertiary/aromatic N) is 2. The van der Waals surface area contributed by atoms with Crippen molar-refractivity contribution >= 4 is 23.2 Å². The third kappa shape index (κ3) is 3.45. The van der Waals surface area contributed by atoms with Crippen LogP contribution in [0.4, 0.5) is 20.2 Å². The fourth-order valence-electron chi connectivity index (χ4n) is 3.49. The highest BCUT2D eigenvalue weighted by atomic mass is 19.1. The van der Waals surface area contributed by atoms with Gasteiger partial charge in [0.1, 0.15) is 5.69 Å². The molecule has 1 N–H and O–H groups in total. The van der Waals surface area contributed by atoms with Crippen LogP contribution >= 0.6 is 0 Å². The quantitative estimate of drug-likeness (QED) is 0.510. The number of carbonyl (C=O) groups excluding carboxylic acids is 2. The SMILES string of the molecule is O=C1CCC(=O)N1C1CCC(Nc2c(F)cc([N+](=O)[O-])cc2F)CC1. The zero-order valence-electron chi connectivity index (χ0n) is 13.3. The van der Waals surface area contributed by atoms with Crippen molar-refractivity contribution in [1.29, 1.82) is 0 Å². The minimum Gasteiger partial charge on any atom is -0.378 e. The van der Waals surface area contributed by atoms with Crippen LogP contribution in [-0.4, -0.2) is 33.7 Å². The molecule has 1 heterocycles. The summed E-state index contributed by atoms with van der Waals surface area (Å²) in [6.45, 7) is 0. The van der Waals surface area contributed by atoms with Gasteiger partial charge in [0, 0.05) is 24.9 Å². The number of nitrogens with one attached hydrogen (secondary N) is 1. The smallest absolute Gasteiger partial charge is 0.275 e. The molecule has 1 saturated carbocycles. The monoisotopic (exact) mass is 353 g/mol. The number of anilines is 1. The summed E-state index contributed by atoms with van der Waals surface area (Å²) in [5, 5.41) is 13.4. The van der Waals surface area contributed by atoms with E-state index in [1.807, 2.05) is 0 Å². The molecule has 7 nitrogen and oxygen atoms in total. The number of imide groups is 1. The maximum absolute atomic E-state index is 13.9. The first-order chi connectivity index (χ1) is 11.9. The number of benzene rings is 1. The molecule has 0 unspecified atom stereocenters. The van der Waals surface area contributed by atoms with Gasteiger partial charge in [0.05, 0.1) is 17.1 Å². The highest BCUT2D eigenvalue weighted by molar-refractivity contribution is 6.02. The Morgan fingerprint density at radius 3 is 2.04 bits per heavy atom. The van der Waals surface area contributed by atoms with Gasteiger partial charge in [0.25, 0.3) is 5.69 Å². The number of likely N-dealkylation sites (tertiary alicyclic amines) is 1. The largest absolute Gasteiger partial charge is 0.378 e. The van der Waals surface area contributed by atoms with Crippen LogP contribution in [0.25, 0.3) is 0 Å². The fraction of sp³-hybridized carbons (Fsp3) is 0.500. The molecule has 1 aromatic carbocycles. The maximum Gasteiger partial charge on any atom is 0.275 e.